The van der Waals surface area contributed by atoms with Crippen LogP contribution < -0.4 is 0 Å². The second-order valence-corrected chi connectivity index (χ2v) is 1.95. The fourth-order valence-electron chi connectivity index (χ4n) is 0.491. The molecule has 0 radical (unpaired) electrons. The lowest BCUT2D eigenvalue weighted by atomic mass is 10.5. The number of carbonyl (C=O) groups excluding carboxylic acids is 1. The van der Waals surface area contributed by atoms with Crippen molar-refractivity contribution in [3.63, 3.8) is 0 Å². The minimum absolute atomic E-state index is 0.250. The topological polar surface area (TPSA) is 35.5 Å². The fraction of sp³-hybridized carbons (Fsp3) is 0.857. The van der Waals surface area contributed by atoms with Gasteiger partial charge in [0.15, 0.2) is 0 Å². The molecule has 0 aromatic rings. The number of hydrogen-bond acceptors (Lipinski definition) is 3. The molecule has 0 saturated carbocycles. The molecule has 0 aromatic heterocycles. The number of esters is 1. The Labute approximate surface area is 61.3 Å². The maximum Gasteiger partial charge on any atom is 0.302 e. The summed E-state index contributed by atoms with van der Waals surface area (Å²) in [6.07, 6.45) is 1.00. The van der Waals surface area contributed by atoms with Crippen LogP contribution in [0, 0.1) is 0 Å². The highest BCUT2D eigenvalue weighted by Gasteiger charge is 1.90. The smallest absolute Gasteiger partial charge is 0.302 e. The molecule has 0 N–H and O–H groups in total. The van der Waals surface area contributed by atoms with Gasteiger partial charge in [-0.2, -0.15) is 0 Å². The number of ether oxygens (including phenoxy) is 2. The molecule has 0 aromatic carbocycles. The van der Waals surface area contributed by atoms with E-state index in [1.807, 2.05) is 6.92 Å². The largest absolute Gasteiger partial charge is 0.463 e. The molecule has 0 bridgehead atoms. The van der Waals surface area contributed by atoms with E-state index in [9.17, 15) is 4.79 Å². The third kappa shape index (κ3) is 7.43. The summed E-state index contributed by atoms with van der Waals surface area (Å²) < 4.78 is 9.68. The van der Waals surface area contributed by atoms with E-state index in [2.05, 4.69) is 4.74 Å². The van der Waals surface area contributed by atoms with Gasteiger partial charge in [0.25, 0.3) is 0 Å². The molecular formula is C7H14O3. The summed E-state index contributed by atoms with van der Waals surface area (Å²) in [6.45, 7) is 5.04. The van der Waals surface area contributed by atoms with Gasteiger partial charge in [-0.15, -0.1) is 0 Å². The second kappa shape index (κ2) is 6.55. The summed E-state index contributed by atoms with van der Waals surface area (Å²) in [6, 6.07) is 0. The molecule has 0 atom stereocenters. The van der Waals surface area contributed by atoms with Crippen molar-refractivity contribution in [2.75, 3.05) is 19.8 Å². The van der Waals surface area contributed by atoms with Crippen LogP contribution in [-0.4, -0.2) is 25.8 Å². The van der Waals surface area contributed by atoms with Crippen LogP contribution in [0.2, 0.25) is 0 Å². The Balaban J connectivity index is 2.84. The molecule has 0 aliphatic carbocycles. The van der Waals surface area contributed by atoms with Crippen molar-refractivity contribution >= 4 is 5.97 Å². The Morgan fingerprint density at radius 2 is 2.00 bits per heavy atom. The van der Waals surface area contributed by atoms with Gasteiger partial charge in [0, 0.05) is 13.5 Å². The zero-order valence-corrected chi connectivity index (χ0v) is 6.55. The highest BCUT2D eigenvalue weighted by Crippen LogP contribution is 1.81. The SMILES string of the molecule is CCCOCCOC(C)=O. The maximum absolute atomic E-state index is 10.2. The van der Waals surface area contributed by atoms with E-state index in [0.717, 1.165) is 13.0 Å². The molecule has 3 nitrogen and oxygen atoms in total. The first kappa shape index (κ1) is 9.43. The molecule has 0 spiro atoms. The van der Waals surface area contributed by atoms with E-state index in [1.54, 1.807) is 0 Å². The molecule has 0 rings (SSSR count). The van der Waals surface area contributed by atoms with Crippen LogP contribution in [0.25, 0.3) is 0 Å². The highest BCUT2D eigenvalue weighted by molar-refractivity contribution is 5.65. The predicted octanol–water partition coefficient (Wildman–Crippen LogP) is 0.976. The molecular weight excluding hydrogens is 132 g/mol. The summed E-state index contributed by atoms with van der Waals surface area (Å²) in [5, 5.41) is 0. The van der Waals surface area contributed by atoms with Crippen molar-refractivity contribution in [3.05, 3.63) is 0 Å². The first-order chi connectivity index (χ1) is 4.77. The van der Waals surface area contributed by atoms with E-state index in [1.165, 1.54) is 6.92 Å². The third-order valence-corrected chi connectivity index (χ3v) is 0.881. The Hall–Kier alpha value is -0.570. The summed E-state index contributed by atoms with van der Waals surface area (Å²) in [5.74, 6) is -0.250. The van der Waals surface area contributed by atoms with Gasteiger partial charge in [-0.1, -0.05) is 6.92 Å². The number of carbonyl (C=O) groups is 1. The Bertz CT molecular complexity index is 90.9. The maximum atomic E-state index is 10.2. The molecule has 3 heteroatoms. The standard InChI is InChI=1S/C7H14O3/c1-3-4-9-5-6-10-7(2)8/h3-6H2,1-2H3. The minimum Gasteiger partial charge on any atom is -0.463 e. The molecule has 0 aliphatic heterocycles. The van der Waals surface area contributed by atoms with Gasteiger partial charge < -0.3 is 9.47 Å². The number of hydrogen-bond donors (Lipinski definition) is 0. The first-order valence-corrected chi connectivity index (χ1v) is 3.48. The van der Waals surface area contributed by atoms with Crippen LogP contribution in [0.15, 0.2) is 0 Å². The highest BCUT2D eigenvalue weighted by atomic mass is 16.6. The average molecular weight is 146 g/mol. The van der Waals surface area contributed by atoms with E-state index in [-0.39, 0.29) is 5.97 Å². The molecule has 0 fully saturated rings. The zero-order valence-electron chi connectivity index (χ0n) is 6.55. The molecule has 0 saturated heterocycles. The van der Waals surface area contributed by atoms with Crippen molar-refractivity contribution in [1.29, 1.82) is 0 Å². The average Bonchev–Trinajstić information content (AvgIpc) is 1.87. The lowest BCUT2D eigenvalue weighted by Crippen LogP contribution is -2.07. The molecule has 0 unspecified atom stereocenters. The van der Waals surface area contributed by atoms with Gasteiger partial charge in [0.05, 0.1) is 6.61 Å². The predicted molar refractivity (Wildman–Crippen MR) is 37.7 cm³/mol. The quantitative estimate of drug-likeness (QED) is 0.428. The van der Waals surface area contributed by atoms with Crippen LogP contribution in [0.4, 0.5) is 0 Å². The van der Waals surface area contributed by atoms with Crippen LogP contribution in [0.5, 0.6) is 0 Å². The second-order valence-electron chi connectivity index (χ2n) is 1.95. The normalized spacial score (nSPS) is 9.40. The Kier molecular flexibility index (Phi) is 6.18. The van der Waals surface area contributed by atoms with E-state index >= 15 is 0 Å². The Morgan fingerprint density at radius 3 is 2.50 bits per heavy atom. The van der Waals surface area contributed by atoms with E-state index in [0.29, 0.717) is 13.2 Å². The lowest BCUT2D eigenvalue weighted by molar-refractivity contribution is -0.142. The zero-order chi connectivity index (χ0) is 7.82. The minimum atomic E-state index is -0.250. The first-order valence-electron chi connectivity index (χ1n) is 3.48. The van der Waals surface area contributed by atoms with Crippen LogP contribution >= 0.6 is 0 Å². The third-order valence-electron chi connectivity index (χ3n) is 0.881. The van der Waals surface area contributed by atoms with Crippen LogP contribution in [0.3, 0.4) is 0 Å². The lowest BCUT2D eigenvalue weighted by Gasteiger charge is -2.01. The Morgan fingerprint density at radius 1 is 1.30 bits per heavy atom. The van der Waals surface area contributed by atoms with Gasteiger partial charge in [-0.05, 0) is 6.42 Å². The molecule has 0 aliphatic rings. The van der Waals surface area contributed by atoms with E-state index < -0.39 is 0 Å². The van der Waals surface area contributed by atoms with Gasteiger partial charge >= 0.3 is 5.97 Å². The van der Waals surface area contributed by atoms with Crippen molar-refractivity contribution in [1.82, 2.24) is 0 Å². The van der Waals surface area contributed by atoms with Crippen LogP contribution in [0.1, 0.15) is 20.3 Å². The monoisotopic (exact) mass is 146 g/mol. The van der Waals surface area contributed by atoms with Crippen molar-refractivity contribution < 1.29 is 14.3 Å². The summed E-state index contributed by atoms with van der Waals surface area (Å²) >= 11 is 0. The molecule has 60 valence electrons. The summed E-state index contributed by atoms with van der Waals surface area (Å²) in [4.78, 5) is 10.2. The van der Waals surface area contributed by atoms with Crippen molar-refractivity contribution in [3.8, 4) is 0 Å². The summed E-state index contributed by atoms with van der Waals surface area (Å²) in [7, 11) is 0. The molecule has 0 heterocycles. The fourth-order valence-corrected chi connectivity index (χ4v) is 0.491. The molecule has 10 heavy (non-hydrogen) atoms. The van der Waals surface area contributed by atoms with Crippen LogP contribution in [-0.2, 0) is 14.3 Å². The summed E-state index contributed by atoms with van der Waals surface area (Å²) in [5.41, 5.74) is 0. The number of rotatable bonds is 5. The molecule has 0 amide bonds. The van der Waals surface area contributed by atoms with Crippen molar-refractivity contribution in [2.45, 2.75) is 20.3 Å². The van der Waals surface area contributed by atoms with Crippen molar-refractivity contribution in [2.24, 2.45) is 0 Å². The van der Waals surface area contributed by atoms with Gasteiger partial charge in [-0.3, -0.25) is 4.79 Å². The van der Waals surface area contributed by atoms with Gasteiger partial charge in [-0.25, -0.2) is 0 Å². The van der Waals surface area contributed by atoms with E-state index in [4.69, 9.17) is 4.74 Å². The van der Waals surface area contributed by atoms with Gasteiger partial charge in [0.2, 0.25) is 0 Å². The van der Waals surface area contributed by atoms with Gasteiger partial charge in [0.1, 0.15) is 6.61 Å².